The molecule has 0 radical (unpaired) electrons. The van der Waals surface area contributed by atoms with Gasteiger partial charge in [-0.1, -0.05) is 176 Å². The van der Waals surface area contributed by atoms with Gasteiger partial charge < -0.3 is 9.80 Å². The number of rotatable bonds is 6. The van der Waals surface area contributed by atoms with Crippen molar-refractivity contribution in [2.45, 2.75) is 11.5 Å². The lowest BCUT2D eigenvalue weighted by Gasteiger charge is -2.39. The number of benzene rings is 8. The number of anilines is 5. The first-order valence-corrected chi connectivity index (χ1v) is 20.7. The van der Waals surface area contributed by atoms with Crippen molar-refractivity contribution in [3.63, 3.8) is 0 Å². The highest BCUT2D eigenvalue weighted by Gasteiger charge is 2.52. The quantitative estimate of drug-likeness (QED) is 0.167. The second-order valence-electron chi connectivity index (χ2n) is 16.0. The lowest BCUT2D eigenvalue weighted by atomic mass is 9.70. The summed E-state index contributed by atoms with van der Waals surface area (Å²) in [6, 6.07) is 70.0. The number of para-hydroxylation sites is 2. The maximum absolute atomic E-state index is 2.56. The summed E-state index contributed by atoms with van der Waals surface area (Å²) in [6.07, 6.45) is 15.9. The first-order chi connectivity index (χ1) is 29.3. The van der Waals surface area contributed by atoms with Crippen LogP contribution in [0.2, 0.25) is 0 Å². The Bertz CT molecular complexity index is 3030. The maximum Gasteiger partial charge on any atom is 0.0727 e. The van der Waals surface area contributed by atoms with Gasteiger partial charge >= 0.3 is 0 Å². The first-order valence-electron chi connectivity index (χ1n) is 20.7. The van der Waals surface area contributed by atoms with Crippen molar-refractivity contribution < 1.29 is 0 Å². The Balaban J connectivity index is 1.12. The summed E-state index contributed by atoms with van der Waals surface area (Å²) in [7, 11) is 0. The van der Waals surface area contributed by atoms with Gasteiger partial charge in [-0.05, 0) is 110 Å². The molecule has 0 bridgehead atoms. The van der Waals surface area contributed by atoms with Gasteiger partial charge in [0.2, 0.25) is 0 Å². The number of hydrogen-bond donors (Lipinski definition) is 0. The molecule has 12 rings (SSSR count). The van der Waals surface area contributed by atoms with Gasteiger partial charge in [-0.25, -0.2) is 0 Å². The minimum absolute atomic E-state index is 0.103. The van der Waals surface area contributed by atoms with E-state index >= 15 is 0 Å². The lowest BCUT2D eigenvalue weighted by Crippen LogP contribution is -2.38. The minimum atomic E-state index is -0.533. The van der Waals surface area contributed by atoms with Gasteiger partial charge in [-0.2, -0.15) is 0 Å². The van der Waals surface area contributed by atoms with Gasteiger partial charge in [-0.15, -0.1) is 0 Å². The monoisotopic (exact) mass is 752 g/mol. The van der Waals surface area contributed by atoms with Crippen LogP contribution in [-0.2, 0) is 5.41 Å². The molecule has 0 fully saturated rings. The predicted molar refractivity (Wildman–Crippen MR) is 246 cm³/mol. The highest BCUT2D eigenvalue weighted by atomic mass is 15.2. The van der Waals surface area contributed by atoms with Crippen molar-refractivity contribution in [2.75, 3.05) is 9.80 Å². The normalized spacial score (nSPS) is 17.2. The smallest absolute Gasteiger partial charge is 0.0727 e. The van der Waals surface area contributed by atoms with Crippen LogP contribution >= 0.6 is 0 Å². The Kier molecular flexibility index (Phi) is 7.61. The molecular formula is C57H40N2. The van der Waals surface area contributed by atoms with E-state index in [0.717, 1.165) is 17.1 Å². The lowest BCUT2D eigenvalue weighted by molar-refractivity contribution is 0.639. The van der Waals surface area contributed by atoms with Crippen LogP contribution in [0.5, 0.6) is 0 Å². The summed E-state index contributed by atoms with van der Waals surface area (Å²) in [5, 5.41) is 2.44. The number of nitrogens with zero attached hydrogens (tertiary/aromatic N) is 2. The molecule has 0 aromatic heterocycles. The average Bonchev–Trinajstić information content (AvgIpc) is 3.77. The van der Waals surface area contributed by atoms with Crippen molar-refractivity contribution in [2.24, 2.45) is 5.92 Å². The highest BCUT2D eigenvalue weighted by molar-refractivity contribution is 6.01. The summed E-state index contributed by atoms with van der Waals surface area (Å²) >= 11 is 0. The van der Waals surface area contributed by atoms with E-state index in [1.165, 1.54) is 72.2 Å². The van der Waals surface area contributed by atoms with E-state index in [1.54, 1.807) is 0 Å². The maximum atomic E-state index is 2.56. The summed E-state index contributed by atoms with van der Waals surface area (Å²) in [6.45, 7) is 0. The Labute approximate surface area is 345 Å². The molecule has 0 saturated heterocycles. The highest BCUT2D eigenvalue weighted by Crippen LogP contribution is 2.64. The molecule has 8 aromatic rings. The molecule has 2 nitrogen and oxygen atoms in total. The van der Waals surface area contributed by atoms with E-state index in [1.807, 2.05) is 0 Å². The Hall–Kier alpha value is -7.42. The third-order valence-corrected chi connectivity index (χ3v) is 13.0. The molecule has 4 aliphatic rings. The van der Waals surface area contributed by atoms with Gasteiger partial charge in [0.05, 0.1) is 17.1 Å². The van der Waals surface area contributed by atoms with E-state index in [2.05, 4.69) is 240 Å². The third-order valence-electron chi connectivity index (χ3n) is 13.0. The minimum Gasteiger partial charge on any atom is -0.334 e. The molecule has 0 aliphatic heterocycles. The molecule has 1 unspecified atom stereocenters. The van der Waals surface area contributed by atoms with Crippen LogP contribution in [0.25, 0.3) is 33.0 Å². The number of allylic oxidation sites excluding steroid dienone is 5. The second kappa shape index (κ2) is 13.3. The predicted octanol–water partition coefficient (Wildman–Crippen LogP) is 14.4. The van der Waals surface area contributed by atoms with Gasteiger partial charge in [0.15, 0.2) is 0 Å². The zero-order chi connectivity index (χ0) is 38.9. The summed E-state index contributed by atoms with van der Waals surface area (Å²) < 4.78 is 0. The molecular weight excluding hydrogens is 713 g/mol. The van der Waals surface area contributed by atoms with Crippen molar-refractivity contribution in [1.29, 1.82) is 0 Å². The van der Waals surface area contributed by atoms with Crippen molar-refractivity contribution in [1.82, 2.24) is 0 Å². The summed E-state index contributed by atoms with van der Waals surface area (Å²) in [4.78, 5) is 5.01. The first kappa shape index (κ1) is 33.7. The van der Waals surface area contributed by atoms with Crippen LogP contribution in [0.1, 0.15) is 22.3 Å². The molecule has 1 spiro atoms. The van der Waals surface area contributed by atoms with E-state index in [4.69, 9.17) is 0 Å². The number of fused-ring (bicyclic) bond motifs is 12. The van der Waals surface area contributed by atoms with E-state index in [-0.39, 0.29) is 12.0 Å². The molecule has 0 amide bonds. The van der Waals surface area contributed by atoms with Gasteiger partial charge in [0, 0.05) is 34.1 Å². The summed E-state index contributed by atoms with van der Waals surface area (Å²) in [5.41, 5.74) is 17.1. The van der Waals surface area contributed by atoms with Crippen LogP contribution in [0.15, 0.2) is 236 Å². The molecule has 59 heavy (non-hydrogen) atoms. The fourth-order valence-electron chi connectivity index (χ4n) is 10.6. The van der Waals surface area contributed by atoms with Gasteiger partial charge in [-0.3, -0.25) is 0 Å². The standard InChI is InChI=1S/C57H40N2/c1-3-21-41(22-4-1)58(55-31-15-19-39-17-7-9-25-45(39)55)43-33-35-49-50-36-34-44(59(42-23-5-2-6-24-42)56-32-16-20-40-18-8-10-26-46(40)56)38-54(50)57(53(49)37-43)51-29-13-11-27-47(51)48-28-12-14-30-52(48)57/h1-38,45,55H/t45-,55?/m1/s1. The molecule has 0 saturated carbocycles. The molecule has 4 aliphatic carbocycles. The van der Waals surface area contributed by atoms with Crippen LogP contribution in [0.3, 0.4) is 0 Å². The largest absolute Gasteiger partial charge is 0.334 e. The SMILES string of the molecule is C1=CC2=CC=CC(N(c3ccccc3)c3ccc4c(c3)C3(c5ccccc5-c5ccccc53)c3cc(N(c5ccccc5)c5cccc6ccccc56)ccc3-4)[C@@H]2C=C1. The third kappa shape index (κ3) is 5.00. The summed E-state index contributed by atoms with van der Waals surface area (Å²) in [5.74, 6) is 0.234. The Morgan fingerprint density at radius 2 is 1.00 bits per heavy atom. The molecule has 2 heteroatoms. The molecule has 8 aromatic carbocycles. The van der Waals surface area contributed by atoms with Crippen molar-refractivity contribution in [3.8, 4) is 22.3 Å². The van der Waals surface area contributed by atoms with E-state index in [9.17, 15) is 0 Å². The van der Waals surface area contributed by atoms with Crippen LogP contribution < -0.4 is 9.80 Å². The van der Waals surface area contributed by atoms with Crippen molar-refractivity contribution >= 4 is 39.2 Å². The van der Waals surface area contributed by atoms with Gasteiger partial charge in [0.25, 0.3) is 0 Å². The van der Waals surface area contributed by atoms with Crippen molar-refractivity contribution in [3.05, 3.63) is 258 Å². The molecule has 2 atom stereocenters. The van der Waals surface area contributed by atoms with Crippen LogP contribution in [-0.4, -0.2) is 6.04 Å². The fraction of sp³-hybridized carbons (Fsp3) is 0.0526. The van der Waals surface area contributed by atoms with Crippen LogP contribution in [0.4, 0.5) is 28.4 Å². The van der Waals surface area contributed by atoms with Crippen LogP contribution in [0, 0.1) is 5.92 Å². The Morgan fingerprint density at radius 3 is 1.75 bits per heavy atom. The zero-order valence-electron chi connectivity index (χ0n) is 32.5. The van der Waals surface area contributed by atoms with E-state index in [0.29, 0.717) is 0 Å². The number of hydrogen-bond acceptors (Lipinski definition) is 2. The zero-order valence-corrected chi connectivity index (χ0v) is 32.5. The van der Waals surface area contributed by atoms with Gasteiger partial charge in [0.1, 0.15) is 0 Å². The molecule has 278 valence electrons. The Morgan fingerprint density at radius 1 is 0.407 bits per heavy atom. The molecule has 0 heterocycles. The second-order valence-corrected chi connectivity index (χ2v) is 16.0. The fourth-order valence-corrected chi connectivity index (χ4v) is 10.6. The van der Waals surface area contributed by atoms with E-state index < -0.39 is 5.41 Å². The average molecular weight is 753 g/mol. The molecule has 0 N–H and O–H groups in total. The topological polar surface area (TPSA) is 6.48 Å².